The van der Waals surface area contributed by atoms with Gasteiger partial charge in [-0.1, -0.05) is 12.1 Å². The van der Waals surface area contributed by atoms with E-state index < -0.39 is 0 Å². The fourth-order valence-corrected chi connectivity index (χ4v) is 4.90. The molecular weight excluding hydrogens is 455 g/mol. The van der Waals surface area contributed by atoms with Crippen LogP contribution in [0.1, 0.15) is 35.6 Å². The highest BCUT2D eigenvalue weighted by molar-refractivity contribution is 6.36. The van der Waals surface area contributed by atoms with E-state index in [1.165, 1.54) is 0 Å². The van der Waals surface area contributed by atoms with Gasteiger partial charge in [0.05, 0.1) is 12.1 Å². The highest BCUT2D eigenvalue weighted by Gasteiger charge is 2.27. The SMILES string of the molecule is Bc1cnn2c(NCc3cccnc3)cc(C3CCCN(C(=O)Cc4ccc5c(c4)OCO5)C3)nc12. The first-order chi connectivity index (χ1) is 17.6. The number of likely N-dealkylation sites (tertiary alicyclic amines) is 1. The Morgan fingerprint density at radius 2 is 2.06 bits per heavy atom. The molecule has 2 aliphatic rings. The Bertz CT molecular complexity index is 1410. The van der Waals surface area contributed by atoms with Crippen molar-refractivity contribution in [3.05, 3.63) is 71.8 Å². The van der Waals surface area contributed by atoms with Gasteiger partial charge in [-0.25, -0.2) is 4.98 Å². The van der Waals surface area contributed by atoms with Crippen LogP contribution in [0.4, 0.5) is 5.82 Å². The number of fused-ring (bicyclic) bond motifs is 2. The van der Waals surface area contributed by atoms with Gasteiger partial charge in [-0.3, -0.25) is 9.78 Å². The smallest absolute Gasteiger partial charge is 0.231 e. The van der Waals surface area contributed by atoms with E-state index in [1.807, 2.05) is 60.0 Å². The minimum Gasteiger partial charge on any atom is -0.454 e. The van der Waals surface area contributed by atoms with Gasteiger partial charge in [-0.15, -0.1) is 0 Å². The van der Waals surface area contributed by atoms with Crippen LogP contribution in [-0.2, 0) is 17.8 Å². The van der Waals surface area contributed by atoms with Crippen molar-refractivity contribution >= 4 is 30.7 Å². The second-order valence-corrected chi connectivity index (χ2v) is 9.39. The zero-order valence-corrected chi connectivity index (χ0v) is 20.2. The summed E-state index contributed by atoms with van der Waals surface area (Å²) in [7, 11) is 2.02. The van der Waals surface area contributed by atoms with Gasteiger partial charge in [0, 0.05) is 50.2 Å². The summed E-state index contributed by atoms with van der Waals surface area (Å²) < 4.78 is 12.7. The van der Waals surface area contributed by atoms with Crippen molar-refractivity contribution < 1.29 is 14.3 Å². The standard InChI is InChI=1S/C26H27BN6O3/c27-20-14-30-33-24(29-13-18-3-1-7-28-12-18)11-21(31-26(20)33)19-4-2-8-32(15-19)25(34)10-17-5-6-22-23(9-17)36-16-35-22/h1,3,5-7,9,11-12,14,19,29H,2,4,8,10,13,15-16,27H2. The summed E-state index contributed by atoms with van der Waals surface area (Å²) in [6.45, 7) is 2.28. The molecule has 2 aliphatic heterocycles. The molecule has 9 nitrogen and oxygen atoms in total. The summed E-state index contributed by atoms with van der Waals surface area (Å²) >= 11 is 0. The summed E-state index contributed by atoms with van der Waals surface area (Å²) in [5.74, 6) is 2.61. The molecule has 5 heterocycles. The predicted molar refractivity (Wildman–Crippen MR) is 138 cm³/mol. The highest BCUT2D eigenvalue weighted by Crippen LogP contribution is 2.33. The van der Waals surface area contributed by atoms with Gasteiger partial charge >= 0.3 is 0 Å². The van der Waals surface area contributed by atoms with Crippen LogP contribution in [0.25, 0.3) is 5.65 Å². The molecule has 6 rings (SSSR count). The molecule has 1 saturated heterocycles. The highest BCUT2D eigenvalue weighted by atomic mass is 16.7. The summed E-state index contributed by atoms with van der Waals surface area (Å²) in [6, 6.07) is 11.8. The lowest BCUT2D eigenvalue weighted by Crippen LogP contribution is -2.40. The molecule has 0 bridgehead atoms. The van der Waals surface area contributed by atoms with Crippen molar-refractivity contribution in [1.29, 1.82) is 0 Å². The fraction of sp³-hybridized carbons (Fsp3) is 0.308. The topological polar surface area (TPSA) is 93.9 Å². The molecule has 36 heavy (non-hydrogen) atoms. The molecule has 1 unspecified atom stereocenters. The van der Waals surface area contributed by atoms with Gasteiger partial charge in [0.25, 0.3) is 0 Å². The second-order valence-electron chi connectivity index (χ2n) is 9.39. The van der Waals surface area contributed by atoms with Gasteiger partial charge in [0.2, 0.25) is 12.7 Å². The molecule has 182 valence electrons. The Hall–Kier alpha value is -4.08. The summed E-state index contributed by atoms with van der Waals surface area (Å²) in [4.78, 5) is 24.3. The molecule has 0 spiro atoms. The van der Waals surface area contributed by atoms with E-state index in [1.54, 1.807) is 6.20 Å². The molecule has 4 aromatic rings. The lowest BCUT2D eigenvalue weighted by Gasteiger charge is -2.33. The molecule has 1 aromatic carbocycles. The van der Waals surface area contributed by atoms with Gasteiger partial charge in [-0.2, -0.15) is 9.61 Å². The number of hydrogen-bond acceptors (Lipinski definition) is 7. The Morgan fingerprint density at radius 1 is 1.14 bits per heavy atom. The van der Waals surface area contributed by atoms with Crippen LogP contribution in [0.3, 0.4) is 0 Å². The minimum absolute atomic E-state index is 0.120. The van der Waals surface area contributed by atoms with Crippen molar-refractivity contribution in [2.45, 2.75) is 31.7 Å². The first kappa shape index (κ1) is 22.4. The van der Waals surface area contributed by atoms with Crippen LogP contribution in [0.15, 0.2) is 55.0 Å². The monoisotopic (exact) mass is 482 g/mol. The average molecular weight is 482 g/mol. The number of nitrogens with zero attached hydrogens (tertiary/aromatic N) is 5. The Morgan fingerprint density at radius 3 is 2.94 bits per heavy atom. The molecule has 3 aromatic heterocycles. The molecule has 1 amide bonds. The van der Waals surface area contributed by atoms with Crippen LogP contribution >= 0.6 is 0 Å². The fourth-order valence-electron chi connectivity index (χ4n) is 4.90. The predicted octanol–water partition coefficient (Wildman–Crippen LogP) is 1.67. The number of carbonyl (C=O) groups excluding carboxylic acids is 1. The number of rotatable bonds is 6. The van der Waals surface area contributed by atoms with E-state index in [0.717, 1.165) is 58.9 Å². The van der Waals surface area contributed by atoms with Gasteiger partial charge in [0.1, 0.15) is 13.7 Å². The van der Waals surface area contributed by atoms with Gasteiger partial charge in [0.15, 0.2) is 17.1 Å². The lowest BCUT2D eigenvalue weighted by molar-refractivity contribution is -0.131. The molecule has 0 saturated carbocycles. The minimum atomic E-state index is 0.120. The number of benzene rings is 1. The quantitative estimate of drug-likeness (QED) is 0.418. The summed E-state index contributed by atoms with van der Waals surface area (Å²) in [5, 5.41) is 8.03. The third-order valence-electron chi connectivity index (χ3n) is 6.85. The number of nitrogens with one attached hydrogen (secondary N) is 1. The first-order valence-corrected chi connectivity index (χ1v) is 12.3. The van der Waals surface area contributed by atoms with E-state index in [0.29, 0.717) is 25.3 Å². The summed E-state index contributed by atoms with van der Waals surface area (Å²) in [6.07, 6.45) is 7.74. The number of pyridine rings is 1. The van der Waals surface area contributed by atoms with E-state index >= 15 is 0 Å². The van der Waals surface area contributed by atoms with Crippen LogP contribution in [0.2, 0.25) is 0 Å². The number of amides is 1. The second kappa shape index (κ2) is 9.52. The van der Waals surface area contributed by atoms with Crippen LogP contribution in [0, 0.1) is 0 Å². The number of aromatic nitrogens is 4. The maximum Gasteiger partial charge on any atom is 0.231 e. The maximum absolute atomic E-state index is 13.2. The largest absolute Gasteiger partial charge is 0.454 e. The van der Waals surface area contributed by atoms with Crippen molar-refractivity contribution in [2.75, 3.05) is 25.2 Å². The van der Waals surface area contributed by atoms with Crippen LogP contribution in [0.5, 0.6) is 11.5 Å². The van der Waals surface area contributed by atoms with Gasteiger partial charge < -0.3 is 19.7 Å². The molecule has 1 fully saturated rings. The number of piperidine rings is 1. The van der Waals surface area contributed by atoms with E-state index in [-0.39, 0.29) is 18.6 Å². The number of hydrogen-bond donors (Lipinski definition) is 1. The number of carbonyl (C=O) groups is 1. The van der Waals surface area contributed by atoms with Crippen LogP contribution < -0.4 is 20.3 Å². The molecule has 10 heteroatoms. The first-order valence-electron chi connectivity index (χ1n) is 12.3. The van der Waals surface area contributed by atoms with Crippen LogP contribution in [-0.4, -0.2) is 58.1 Å². The number of anilines is 1. The average Bonchev–Trinajstić information content (AvgIpc) is 3.54. The molecule has 0 radical (unpaired) electrons. The molecule has 1 N–H and O–H groups in total. The van der Waals surface area contributed by atoms with Gasteiger partial charge in [-0.05, 0) is 47.6 Å². The van der Waals surface area contributed by atoms with Crippen molar-refractivity contribution in [3.63, 3.8) is 0 Å². The normalized spacial score (nSPS) is 16.9. The molecule has 1 atom stereocenters. The van der Waals surface area contributed by atoms with Crippen molar-refractivity contribution in [2.24, 2.45) is 0 Å². The maximum atomic E-state index is 13.2. The lowest BCUT2D eigenvalue weighted by atomic mass is 9.93. The Labute approximate surface area is 209 Å². The van der Waals surface area contributed by atoms with E-state index in [9.17, 15) is 4.79 Å². The van der Waals surface area contributed by atoms with E-state index in [4.69, 9.17) is 14.5 Å². The summed E-state index contributed by atoms with van der Waals surface area (Å²) in [5.41, 5.74) is 4.87. The number of ether oxygens (including phenoxy) is 2. The molecular formula is C26H27BN6O3. The zero-order valence-electron chi connectivity index (χ0n) is 20.2. The van der Waals surface area contributed by atoms with E-state index in [2.05, 4.69) is 21.5 Å². The third kappa shape index (κ3) is 4.46. The Balaban J connectivity index is 1.20. The Kier molecular flexibility index (Phi) is 5.92. The third-order valence-corrected chi connectivity index (χ3v) is 6.85. The van der Waals surface area contributed by atoms with Crippen molar-refractivity contribution in [1.82, 2.24) is 24.5 Å². The van der Waals surface area contributed by atoms with Crippen molar-refractivity contribution in [3.8, 4) is 11.5 Å². The molecule has 0 aliphatic carbocycles. The zero-order chi connectivity index (χ0) is 24.5.